The Morgan fingerprint density at radius 2 is 0.839 bits per heavy atom. The van der Waals surface area contributed by atoms with Crippen molar-refractivity contribution in [3.05, 3.63) is 190 Å². The zero-order valence-electron chi connectivity index (χ0n) is 31.5. The highest BCUT2D eigenvalue weighted by Crippen LogP contribution is 2.55. The van der Waals surface area contributed by atoms with E-state index in [-0.39, 0.29) is 0 Å². The summed E-state index contributed by atoms with van der Waals surface area (Å²) in [7, 11) is 0. The fraction of sp³-hybridized carbons (Fsp3) is 0.0980. The van der Waals surface area contributed by atoms with Crippen molar-refractivity contribution in [3.63, 3.8) is 0 Å². The molecule has 0 fully saturated rings. The molecule has 7 aromatic carbocycles. The van der Waals surface area contributed by atoms with Crippen LogP contribution in [-0.4, -0.2) is 0 Å². The van der Waals surface area contributed by atoms with E-state index in [4.69, 9.17) is 11.6 Å². The number of benzene rings is 7. The van der Waals surface area contributed by atoms with E-state index >= 15 is 0 Å². The van der Waals surface area contributed by atoms with Gasteiger partial charge < -0.3 is 9.80 Å². The monoisotopic (exact) mass is 778 g/mol. The maximum atomic E-state index is 6.49. The average molecular weight is 779 g/mol. The summed E-state index contributed by atoms with van der Waals surface area (Å²) in [5.41, 5.74) is 19.5. The predicted molar refractivity (Wildman–Crippen MR) is 240 cm³/mol. The van der Waals surface area contributed by atoms with Crippen molar-refractivity contribution in [1.82, 2.24) is 0 Å². The molecule has 4 aliphatic rings. The summed E-state index contributed by atoms with van der Waals surface area (Å²) in [5, 5.41) is 0.785. The lowest BCUT2D eigenvalue weighted by atomic mass is 9.96. The first-order valence-corrected chi connectivity index (χ1v) is 21.1. The Kier molecular flexibility index (Phi) is 8.94. The second kappa shape index (κ2) is 14.3. The van der Waals surface area contributed by atoms with E-state index in [1.54, 1.807) is 0 Å². The minimum absolute atomic E-state index is 0.785. The summed E-state index contributed by atoms with van der Waals surface area (Å²) >= 11 is 10.2. The molecule has 0 saturated heterocycles. The minimum Gasteiger partial charge on any atom is -0.308 e. The third-order valence-electron chi connectivity index (χ3n) is 10.9. The summed E-state index contributed by atoms with van der Waals surface area (Å²) in [6, 6.07) is 52.5. The maximum Gasteiger partial charge on any atom is 0.0601 e. The lowest BCUT2D eigenvalue weighted by molar-refractivity contribution is 1.12. The van der Waals surface area contributed by atoms with Crippen molar-refractivity contribution in [2.24, 2.45) is 0 Å². The summed E-state index contributed by atoms with van der Waals surface area (Å²) in [4.78, 5) is 10.0. The molecule has 2 aliphatic heterocycles. The Hall–Kier alpha value is -5.39. The fourth-order valence-electron chi connectivity index (χ4n) is 8.40. The van der Waals surface area contributed by atoms with Gasteiger partial charge in [0.2, 0.25) is 0 Å². The van der Waals surface area contributed by atoms with E-state index in [1.807, 2.05) is 23.5 Å². The topological polar surface area (TPSA) is 6.48 Å². The predicted octanol–water partition coefficient (Wildman–Crippen LogP) is 15.8. The lowest BCUT2D eigenvalue weighted by Gasteiger charge is -2.34. The Balaban J connectivity index is 0.000000140. The van der Waals surface area contributed by atoms with E-state index in [9.17, 15) is 0 Å². The maximum absolute atomic E-state index is 6.49. The zero-order valence-corrected chi connectivity index (χ0v) is 33.9. The Bertz CT molecular complexity index is 2670. The zero-order chi connectivity index (χ0) is 37.9. The van der Waals surface area contributed by atoms with Crippen molar-refractivity contribution < 1.29 is 0 Å². The molecule has 0 N–H and O–H groups in total. The highest BCUT2D eigenvalue weighted by molar-refractivity contribution is 8.00. The lowest BCUT2D eigenvalue weighted by Crippen LogP contribution is -2.16. The third kappa shape index (κ3) is 6.27. The number of hydrogen-bond acceptors (Lipinski definition) is 4. The number of hydrogen-bond donors (Lipinski definition) is 0. The number of allylic oxidation sites excluding steroid dienone is 2. The molecule has 0 saturated carbocycles. The van der Waals surface area contributed by atoms with Crippen LogP contribution >= 0.6 is 35.1 Å². The minimum atomic E-state index is 0.785. The quantitative estimate of drug-likeness (QED) is 0.176. The van der Waals surface area contributed by atoms with Crippen LogP contribution in [0.25, 0.3) is 23.3 Å². The number of fused-ring (bicyclic) bond motifs is 6. The first-order chi connectivity index (χ1) is 27.4. The average Bonchev–Trinajstić information content (AvgIpc) is 3.79. The SMILES string of the molecule is CC1=Cc2cc(-c3ccc(C)cc3)cc(N3c4ccccc4Sc4ccccc43)c2C1.CC1=Cc2cc(Cl)cc(N3c4ccccc4Sc4ccccc43)c2C1. The standard InChI is InChI=1S/C29H23NS.C22H16ClNS/c1-19-11-13-21(14-12-19)22-17-23-15-20(2)16-24(23)27(18-22)30-25-7-3-5-9-28(25)31-29-10-6-4-8-26(29)30;1-14-10-15-12-16(23)13-20(17(15)11-14)24-18-6-2-4-8-21(18)25-22-9-5-3-7-19(22)24/h3-15,17-18H,16H2,1-2H3;2-10,12-13H,11H2,1H3. The molecule has 56 heavy (non-hydrogen) atoms. The summed E-state index contributed by atoms with van der Waals surface area (Å²) < 4.78 is 0. The van der Waals surface area contributed by atoms with Gasteiger partial charge in [0.05, 0.1) is 34.1 Å². The molecule has 2 heterocycles. The van der Waals surface area contributed by atoms with Gasteiger partial charge in [0.1, 0.15) is 0 Å². The van der Waals surface area contributed by atoms with Crippen molar-refractivity contribution in [2.75, 3.05) is 9.80 Å². The van der Waals surface area contributed by atoms with Gasteiger partial charge in [0, 0.05) is 24.6 Å². The van der Waals surface area contributed by atoms with Crippen LogP contribution in [0.15, 0.2) is 176 Å². The van der Waals surface area contributed by atoms with E-state index in [1.165, 1.54) is 104 Å². The normalized spacial score (nSPS) is 14.3. The largest absolute Gasteiger partial charge is 0.308 e. The van der Waals surface area contributed by atoms with Gasteiger partial charge in [-0.15, -0.1) is 0 Å². The highest BCUT2D eigenvalue weighted by Gasteiger charge is 2.30. The van der Waals surface area contributed by atoms with E-state index in [0.717, 1.165) is 17.9 Å². The molecule has 0 aromatic heterocycles. The summed E-state index contributed by atoms with van der Waals surface area (Å²) in [6.07, 6.45) is 6.59. The van der Waals surface area contributed by atoms with Gasteiger partial charge in [-0.1, -0.05) is 137 Å². The second-order valence-electron chi connectivity index (χ2n) is 15.0. The fourth-order valence-corrected chi connectivity index (χ4v) is 10.7. The van der Waals surface area contributed by atoms with E-state index in [2.05, 4.69) is 188 Å². The number of aryl methyl sites for hydroxylation is 1. The Morgan fingerprint density at radius 1 is 0.429 bits per heavy atom. The number of nitrogens with zero attached hydrogens (tertiary/aromatic N) is 2. The van der Waals surface area contributed by atoms with Crippen molar-refractivity contribution in [3.8, 4) is 11.1 Å². The van der Waals surface area contributed by atoms with Crippen LogP contribution in [-0.2, 0) is 12.8 Å². The molecule has 0 radical (unpaired) electrons. The molecular formula is C51H39ClN2S2. The molecule has 2 aliphatic carbocycles. The van der Waals surface area contributed by atoms with Gasteiger partial charge in [-0.3, -0.25) is 0 Å². The van der Waals surface area contributed by atoms with Crippen LogP contribution in [0.1, 0.15) is 41.7 Å². The summed E-state index contributed by atoms with van der Waals surface area (Å²) in [5.74, 6) is 0. The van der Waals surface area contributed by atoms with Gasteiger partial charge in [0.15, 0.2) is 0 Å². The van der Waals surface area contributed by atoms with Crippen molar-refractivity contribution in [1.29, 1.82) is 0 Å². The van der Waals surface area contributed by atoms with Crippen LogP contribution in [0, 0.1) is 6.92 Å². The Labute approximate surface area is 343 Å². The molecule has 0 spiro atoms. The number of anilines is 6. The second-order valence-corrected chi connectivity index (χ2v) is 17.6. The summed E-state index contributed by atoms with van der Waals surface area (Å²) in [6.45, 7) is 6.57. The van der Waals surface area contributed by atoms with Crippen molar-refractivity contribution >= 4 is 81.4 Å². The van der Waals surface area contributed by atoms with Gasteiger partial charge in [0.25, 0.3) is 0 Å². The smallest absolute Gasteiger partial charge is 0.0601 e. The van der Waals surface area contributed by atoms with Gasteiger partial charge in [-0.2, -0.15) is 0 Å². The third-order valence-corrected chi connectivity index (χ3v) is 13.4. The van der Waals surface area contributed by atoms with Crippen molar-refractivity contribution in [2.45, 2.75) is 53.2 Å². The van der Waals surface area contributed by atoms with Crippen LogP contribution in [0.5, 0.6) is 0 Å². The molecule has 0 bridgehead atoms. The number of para-hydroxylation sites is 4. The molecular weight excluding hydrogens is 740 g/mol. The van der Waals surface area contributed by atoms with Crippen LogP contribution < -0.4 is 9.80 Å². The molecule has 272 valence electrons. The highest BCUT2D eigenvalue weighted by atomic mass is 35.5. The van der Waals surface area contributed by atoms with E-state index in [0.29, 0.717) is 0 Å². The molecule has 0 amide bonds. The van der Waals surface area contributed by atoms with Crippen LogP contribution in [0.3, 0.4) is 0 Å². The molecule has 7 aromatic rings. The molecule has 2 nitrogen and oxygen atoms in total. The molecule has 11 rings (SSSR count). The Morgan fingerprint density at radius 3 is 1.30 bits per heavy atom. The number of halogens is 1. The molecule has 5 heteroatoms. The van der Waals surface area contributed by atoms with Gasteiger partial charge in [-0.25, -0.2) is 0 Å². The van der Waals surface area contributed by atoms with Crippen LogP contribution in [0.4, 0.5) is 34.1 Å². The van der Waals surface area contributed by atoms with Crippen LogP contribution in [0.2, 0.25) is 5.02 Å². The number of rotatable bonds is 3. The molecule has 0 unspecified atom stereocenters. The first kappa shape index (κ1) is 35.1. The van der Waals surface area contributed by atoms with Gasteiger partial charge >= 0.3 is 0 Å². The molecule has 0 atom stereocenters. The van der Waals surface area contributed by atoms with E-state index < -0.39 is 0 Å². The first-order valence-electron chi connectivity index (χ1n) is 19.1. The van der Waals surface area contributed by atoms with Gasteiger partial charge in [-0.05, 0) is 140 Å².